The summed E-state index contributed by atoms with van der Waals surface area (Å²) in [6, 6.07) is 14.2. The molecule has 2 aromatic carbocycles. The van der Waals surface area contributed by atoms with Crippen LogP contribution in [0.3, 0.4) is 0 Å². The average Bonchev–Trinajstić information content (AvgIpc) is 2.65. The summed E-state index contributed by atoms with van der Waals surface area (Å²) >= 11 is 0. The molecule has 0 radical (unpaired) electrons. The first kappa shape index (κ1) is 19.1. The number of benzene rings is 2. The van der Waals surface area contributed by atoms with Crippen molar-refractivity contribution < 1.29 is 14.2 Å². The number of hydrogen-bond donors (Lipinski definition) is 2. The highest BCUT2D eigenvalue weighted by atomic mass is 16.5. The molecular weight excluding hydrogens is 316 g/mol. The van der Waals surface area contributed by atoms with E-state index in [1.165, 1.54) is 0 Å². The van der Waals surface area contributed by atoms with Crippen LogP contribution in [0, 0.1) is 0 Å². The lowest BCUT2D eigenvalue weighted by Crippen LogP contribution is -2.36. The second-order valence-corrected chi connectivity index (χ2v) is 5.82. The van der Waals surface area contributed by atoms with E-state index in [2.05, 4.69) is 30.8 Å². The molecule has 0 heterocycles. The van der Waals surface area contributed by atoms with Crippen molar-refractivity contribution >= 4 is 0 Å². The van der Waals surface area contributed by atoms with Crippen molar-refractivity contribution in [1.82, 2.24) is 10.9 Å². The van der Waals surface area contributed by atoms with Crippen LogP contribution in [-0.4, -0.2) is 20.8 Å². The minimum atomic E-state index is 0.0986. The molecule has 0 aliphatic rings. The van der Waals surface area contributed by atoms with Crippen molar-refractivity contribution in [2.24, 2.45) is 0 Å². The average molecular weight is 344 g/mol. The Morgan fingerprint density at radius 3 is 2.20 bits per heavy atom. The normalized spacial score (nSPS) is 13.2. The Morgan fingerprint density at radius 1 is 0.840 bits per heavy atom. The molecule has 0 saturated heterocycles. The monoisotopic (exact) mass is 344 g/mol. The predicted octanol–water partition coefficient (Wildman–Crippen LogP) is 4.02. The molecule has 0 aliphatic carbocycles. The van der Waals surface area contributed by atoms with Gasteiger partial charge in [0.2, 0.25) is 0 Å². The zero-order valence-electron chi connectivity index (χ0n) is 15.6. The molecule has 0 bridgehead atoms. The highest BCUT2D eigenvalue weighted by Gasteiger charge is 2.14. The second kappa shape index (κ2) is 9.30. The fourth-order valence-electron chi connectivity index (χ4n) is 2.66. The van der Waals surface area contributed by atoms with Crippen LogP contribution in [-0.2, 0) is 0 Å². The van der Waals surface area contributed by atoms with Crippen LogP contribution in [0.4, 0.5) is 0 Å². The van der Waals surface area contributed by atoms with Gasteiger partial charge in [-0.3, -0.25) is 5.43 Å². The van der Waals surface area contributed by atoms with E-state index in [1.54, 1.807) is 14.2 Å². The van der Waals surface area contributed by atoms with E-state index in [-0.39, 0.29) is 12.1 Å². The molecule has 5 heteroatoms. The first-order valence-corrected chi connectivity index (χ1v) is 8.55. The van der Waals surface area contributed by atoms with Gasteiger partial charge in [0.05, 0.1) is 20.8 Å². The highest BCUT2D eigenvalue weighted by molar-refractivity contribution is 5.43. The molecule has 0 spiro atoms. The number of nitrogens with one attached hydrogen (secondary N) is 2. The molecule has 0 aromatic heterocycles. The van der Waals surface area contributed by atoms with Gasteiger partial charge in [-0.05, 0) is 44.5 Å². The van der Waals surface area contributed by atoms with Gasteiger partial charge in [0, 0.05) is 17.6 Å². The van der Waals surface area contributed by atoms with Crippen LogP contribution in [0.25, 0.3) is 0 Å². The lowest BCUT2D eigenvalue weighted by atomic mass is 10.1. The van der Waals surface area contributed by atoms with E-state index in [0.29, 0.717) is 6.61 Å². The highest BCUT2D eigenvalue weighted by Crippen LogP contribution is 2.30. The molecule has 0 aliphatic heterocycles. The Hall–Kier alpha value is -2.24. The van der Waals surface area contributed by atoms with Crippen molar-refractivity contribution in [3.63, 3.8) is 0 Å². The Labute approximate surface area is 150 Å². The molecule has 25 heavy (non-hydrogen) atoms. The number of hydrogen-bond acceptors (Lipinski definition) is 5. The molecule has 0 amide bonds. The standard InChI is InChI=1S/C20H28N2O3/c1-6-25-18-10-8-7-9-17(18)15(3)22-21-14(2)16-11-12-19(23-4)20(13-16)24-5/h7-15,21-22H,6H2,1-5H3. The smallest absolute Gasteiger partial charge is 0.161 e. The quantitative estimate of drug-likeness (QED) is 0.673. The topological polar surface area (TPSA) is 51.8 Å². The molecule has 0 fully saturated rings. The summed E-state index contributed by atoms with van der Waals surface area (Å²) < 4.78 is 16.4. The van der Waals surface area contributed by atoms with Gasteiger partial charge in [-0.15, -0.1) is 0 Å². The molecule has 2 atom stereocenters. The van der Waals surface area contributed by atoms with E-state index in [9.17, 15) is 0 Å². The van der Waals surface area contributed by atoms with Gasteiger partial charge in [0.1, 0.15) is 5.75 Å². The molecule has 0 saturated carbocycles. The molecule has 2 N–H and O–H groups in total. The third kappa shape index (κ3) is 4.87. The van der Waals surface area contributed by atoms with Crippen LogP contribution < -0.4 is 25.1 Å². The first-order chi connectivity index (χ1) is 12.1. The lowest BCUT2D eigenvalue weighted by Gasteiger charge is -2.22. The Morgan fingerprint density at radius 2 is 1.52 bits per heavy atom. The van der Waals surface area contributed by atoms with Crippen molar-refractivity contribution in [3.8, 4) is 17.2 Å². The zero-order valence-corrected chi connectivity index (χ0v) is 15.6. The summed E-state index contributed by atoms with van der Waals surface area (Å²) in [4.78, 5) is 0. The second-order valence-electron chi connectivity index (χ2n) is 5.82. The predicted molar refractivity (Wildman–Crippen MR) is 100 cm³/mol. The Kier molecular flexibility index (Phi) is 7.10. The fraction of sp³-hybridized carbons (Fsp3) is 0.400. The largest absolute Gasteiger partial charge is 0.494 e. The van der Waals surface area contributed by atoms with E-state index in [0.717, 1.165) is 28.4 Å². The Bertz CT molecular complexity index is 676. The Balaban J connectivity index is 2.03. The third-order valence-corrected chi connectivity index (χ3v) is 4.11. The molecule has 2 rings (SSSR count). The number of para-hydroxylation sites is 1. The summed E-state index contributed by atoms with van der Waals surface area (Å²) in [6.45, 7) is 6.84. The lowest BCUT2D eigenvalue weighted by molar-refractivity contribution is 0.327. The van der Waals surface area contributed by atoms with Crippen LogP contribution in [0.15, 0.2) is 42.5 Å². The van der Waals surface area contributed by atoms with Crippen molar-refractivity contribution in [3.05, 3.63) is 53.6 Å². The molecule has 2 aromatic rings. The molecule has 5 nitrogen and oxygen atoms in total. The number of rotatable bonds is 9. The number of ether oxygens (including phenoxy) is 3. The maximum atomic E-state index is 5.71. The van der Waals surface area contributed by atoms with Gasteiger partial charge >= 0.3 is 0 Å². The number of hydrazine groups is 1. The fourth-order valence-corrected chi connectivity index (χ4v) is 2.66. The molecular formula is C20H28N2O3. The third-order valence-electron chi connectivity index (χ3n) is 4.11. The molecule has 2 unspecified atom stereocenters. The van der Waals surface area contributed by atoms with E-state index < -0.39 is 0 Å². The minimum absolute atomic E-state index is 0.0986. The van der Waals surface area contributed by atoms with Gasteiger partial charge in [0.15, 0.2) is 11.5 Å². The number of methoxy groups -OCH3 is 2. The maximum Gasteiger partial charge on any atom is 0.161 e. The van der Waals surface area contributed by atoms with E-state index in [4.69, 9.17) is 14.2 Å². The SMILES string of the molecule is CCOc1ccccc1C(C)NNC(C)c1ccc(OC)c(OC)c1. The van der Waals surface area contributed by atoms with Gasteiger partial charge < -0.3 is 14.2 Å². The van der Waals surface area contributed by atoms with Crippen LogP contribution in [0.2, 0.25) is 0 Å². The summed E-state index contributed by atoms with van der Waals surface area (Å²) in [5.74, 6) is 2.36. The van der Waals surface area contributed by atoms with Gasteiger partial charge in [0.25, 0.3) is 0 Å². The van der Waals surface area contributed by atoms with Gasteiger partial charge in [-0.2, -0.15) is 0 Å². The van der Waals surface area contributed by atoms with Crippen LogP contribution in [0.1, 0.15) is 44.0 Å². The zero-order chi connectivity index (χ0) is 18.2. The summed E-state index contributed by atoms with van der Waals surface area (Å²) in [5.41, 5.74) is 8.94. The van der Waals surface area contributed by atoms with Crippen molar-refractivity contribution in [2.45, 2.75) is 32.9 Å². The maximum absolute atomic E-state index is 5.71. The summed E-state index contributed by atoms with van der Waals surface area (Å²) in [6.07, 6.45) is 0. The van der Waals surface area contributed by atoms with Crippen molar-refractivity contribution in [1.29, 1.82) is 0 Å². The van der Waals surface area contributed by atoms with E-state index in [1.807, 2.05) is 43.3 Å². The van der Waals surface area contributed by atoms with Crippen LogP contribution >= 0.6 is 0 Å². The first-order valence-electron chi connectivity index (χ1n) is 8.55. The molecule has 136 valence electrons. The van der Waals surface area contributed by atoms with E-state index >= 15 is 0 Å². The van der Waals surface area contributed by atoms with Crippen LogP contribution in [0.5, 0.6) is 17.2 Å². The van der Waals surface area contributed by atoms with Gasteiger partial charge in [-0.1, -0.05) is 24.3 Å². The minimum Gasteiger partial charge on any atom is -0.494 e. The summed E-state index contributed by atoms with van der Waals surface area (Å²) in [5, 5.41) is 0. The van der Waals surface area contributed by atoms with Gasteiger partial charge in [-0.25, -0.2) is 5.43 Å². The summed E-state index contributed by atoms with van der Waals surface area (Å²) in [7, 11) is 3.28. The van der Waals surface area contributed by atoms with Crippen molar-refractivity contribution in [2.75, 3.05) is 20.8 Å².